The fourth-order valence-electron chi connectivity index (χ4n) is 3.80. The molecule has 1 saturated carbocycles. The fourth-order valence-corrected chi connectivity index (χ4v) is 4.07. The van der Waals surface area contributed by atoms with E-state index in [0.717, 1.165) is 35.7 Å². The lowest BCUT2D eigenvalue weighted by molar-refractivity contribution is -0.140. The third kappa shape index (κ3) is 3.94. The Kier molecular flexibility index (Phi) is 5.57. The highest BCUT2D eigenvalue weighted by Gasteiger charge is 2.47. The van der Waals surface area contributed by atoms with E-state index in [0.29, 0.717) is 6.54 Å². The Balaban J connectivity index is 1.53. The van der Waals surface area contributed by atoms with Crippen LogP contribution in [-0.2, 0) is 20.9 Å². The summed E-state index contributed by atoms with van der Waals surface area (Å²) >= 11 is 3.39. The molecule has 1 aromatic carbocycles. The number of nitrogens with zero attached hydrogens (tertiary/aromatic N) is 2. The summed E-state index contributed by atoms with van der Waals surface area (Å²) in [5.41, 5.74) is 1.04. The Hall–Kier alpha value is -1.69. The average molecular weight is 407 g/mol. The summed E-state index contributed by atoms with van der Waals surface area (Å²) in [6, 6.07) is 7.81. The average Bonchev–Trinajstić information content (AvgIpc) is 2.86. The highest BCUT2D eigenvalue weighted by Crippen LogP contribution is 2.37. The highest BCUT2D eigenvalue weighted by atomic mass is 79.9. The van der Waals surface area contributed by atoms with Crippen molar-refractivity contribution in [1.29, 1.82) is 0 Å². The minimum absolute atomic E-state index is 0.0570. The van der Waals surface area contributed by atoms with E-state index >= 15 is 0 Å². The maximum atomic E-state index is 12.4. The van der Waals surface area contributed by atoms with Crippen LogP contribution < -0.4 is 0 Å². The Bertz CT molecular complexity index is 650. The number of likely N-dealkylation sites (tertiary alicyclic amines) is 1. The smallest absolute Gasteiger partial charge is 0.233 e. The van der Waals surface area contributed by atoms with Crippen LogP contribution in [0.4, 0.5) is 0 Å². The first kappa shape index (κ1) is 18.1. The van der Waals surface area contributed by atoms with E-state index in [9.17, 15) is 14.4 Å². The number of hydrogen-bond donors (Lipinski definition) is 0. The minimum Gasteiger partial charge on any atom is -0.341 e. The third-order valence-electron chi connectivity index (χ3n) is 5.24. The molecule has 0 bridgehead atoms. The van der Waals surface area contributed by atoms with Crippen LogP contribution in [0.25, 0.3) is 0 Å². The first-order valence-electron chi connectivity index (χ1n) is 8.81. The van der Waals surface area contributed by atoms with Crippen molar-refractivity contribution in [2.24, 2.45) is 11.8 Å². The number of hydrogen-bond acceptors (Lipinski definition) is 3. The summed E-state index contributed by atoms with van der Waals surface area (Å²) in [5, 5.41) is 0. The summed E-state index contributed by atoms with van der Waals surface area (Å²) in [4.78, 5) is 40.2. The third-order valence-corrected chi connectivity index (χ3v) is 5.77. The van der Waals surface area contributed by atoms with Crippen LogP contribution in [-0.4, -0.2) is 41.1 Å². The fraction of sp³-hybridized carbons (Fsp3) is 0.526. The van der Waals surface area contributed by atoms with Gasteiger partial charge in [0, 0.05) is 31.0 Å². The van der Waals surface area contributed by atoms with Gasteiger partial charge < -0.3 is 4.90 Å². The molecule has 6 heteroatoms. The lowest BCUT2D eigenvalue weighted by atomic mass is 9.81. The molecular formula is C19H23BrN2O3. The number of carbonyl (C=O) groups excluding carboxylic acids is 3. The van der Waals surface area contributed by atoms with Crippen LogP contribution in [0, 0.1) is 11.8 Å². The molecule has 0 N–H and O–H groups in total. The maximum Gasteiger partial charge on any atom is 0.233 e. The Morgan fingerprint density at radius 1 is 1.12 bits per heavy atom. The second-order valence-corrected chi connectivity index (χ2v) is 7.87. The number of fused-ring (bicyclic) bond motifs is 1. The van der Waals surface area contributed by atoms with E-state index in [1.165, 1.54) is 4.90 Å². The first-order valence-corrected chi connectivity index (χ1v) is 9.60. The van der Waals surface area contributed by atoms with E-state index in [2.05, 4.69) is 15.9 Å². The van der Waals surface area contributed by atoms with Crippen molar-refractivity contribution < 1.29 is 14.4 Å². The van der Waals surface area contributed by atoms with E-state index < -0.39 is 0 Å². The Labute approximate surface area is 156 Å². The molecule has 134 valence electrons. The molecule has 0 spiro atoms. The molecule has 1 aliphatic heterocycles. The standard InChI is InChI=1S/C19H23BrN2O3/c1-21(12-13-6-8-14(20)9-7-13)17(23)10-11-22-18(24)15-4-2-3-5-16(15)19(22)25/h6-9,15-16H,2-5,10-12H2,1H3. The van der Waals surface area contributed by atoms with Gasteiger partial charge in [0.15, 0.2) is 0 Å². The summed E-state index contributed by atoms with van der Waals surface area (Å²) in [7, 11) is 1.75. The molecule has 0 aromatic heterocycles. The second kappa shape index (κ2) is 7.68. The number of carbonyl (C=O) groups is 3. The number of imide groups is 1. The van der Waals surface area contributed by atoms with E-state index in [-0.39, 0.29) is 42.5 Å². The van der Waals surface area contributed by atoms with Crippen LogP contribution in [0.15, 0.2) is 28.7 Å². The molecule has 2 atom stereocenters. The van der Waals surface area contributed by atoms with Crippen LogP contribution >= 0.6 is 15.9 Å². The molecule has 1 aromatic rings. The molecule has 1 saturated heterocycles. The predicted octanol–water partition coefficient (Wildman–Crippen LogP) is 2.97. The Morgan fingerprint density at radius 3 is 2.24 bits per heavy atom. The number of amides is 3. The van der Waals surface area contributed by atoms with Gasteiger partial charge in [-0.05, 0) is 30.5 Å². The topological polar surface area (TPSA) is 57.7 Å². The van der Waals surface area contributed by atoms with Gasteiger partial charge in [-0.2, -0.15) is 0 Å². The van der Waals surface area contributed by atoms with Gasteiger partial charge in [-0.15, -0.1) is 0 Å². The SMILES string of the molecule is CN(Cc1ccc(Br)cc1)C(=O)CCN1C(=O)C2CCCCC2C1=O. The van der Waals surface area contributed by atoms with Gasteiger partial charge >= 0.3 is 0 Å². The van der Waals surface area contributed by atoms with E-state index in [1.807, 2.05) is 24.3 Å². The normalized spacial score (nSPS) is 22.9. The van der Waals surface area contributed by atoms with Gasteiger partial charge in [0.2, 0.25) is 17.7 Å². The molecule has 25 heavy (non-hydrogen) atoms. The summed E-state index contributed by atoms with van der Waals surface area (Å²) in [6.45, 7) is 0.716. The van der Waals surface area contributed by atoms with Crippen LogP contribution in [0.5, 0.6) is 0 Å². The zero-order valence-electron chi connectivity index (χ0n) is 14.4. The van der Waals surface area contributed by atoms with Crippen molar-refractivity contribution in [3.63, 3.8) is 0 Å². The van der Waals surface area contributed by atoms with Crippen molar-refractivity contribution >= 4 is 33.7 Å². The van der Waals surface area contributed by atoms with E-state index in [4.69, 9.17) is 0 Å². The van der Waals surface area contributed by atoms with Crippen molar-refractivity contribution in [3.05, 3.63) is 34.3 Å². The van der Waals surface area contributed by atoms with Gasteiger partial charge in [0.1, 0.15) is 0 Å². The van der Waals surface area contributed by atoms with Gasteiger partial charge in [-0.1, -0.05) is 40.9 Å². The van der Waals surface area contributed by atoms with Gasteiger partial charge in [-0.3, -0.25) is 19.3 Å². The zero-order chi connectivity index (χ0) is 18.0. The Morgan fingerprint density at radius 2 is 1.68 bits per heavy atom. The number of halogens is 1. The molecule has 1 heterocycles. The molecule has 2 aliphatic rings. The number of benzene rings is 1. The second-order valence-electron chi connectivity index (χ2n) is 6.95. The molecule has 5 nitrogen and oxygen atoms in total. The molecule has 1 aliphatic carbocycles. The van der Waals surface area contributed by atoms with Crippen LogP contribution in [0.2, 0.25) is 0 Å². The molecular weight excluding hydrogens is 384 g/mol. The summed E-state index contributed by atoms with van der Waals surface area (Å²) < 4.78 is 0.998. The number of rotatable bonds is 5. The van der Waals surface area contributed by atoms with Crippen LogP contribution in [0.3, 0.4) is 0 Å². The molecule has 2 unspecified atom stereocenters. The van der Waals surface area contributed by atoms with Gasteiger partial charge in [-0.25, -0.2) is 0 Å². The van der Waals surface area contributed by atoms with Gasteiger partial charge in [0.05, 0.1) is 11.8 Å². The van der Waals surface area contributed by atoms with E-state index in [1.54, 1.807) is 11.9 Å². The molecule has 3 rings (SSSR count). The van der Waals surface area contributed by atoms with Crippen molar-refractivity contribution in [2.75, 3.05) is 13.6 Å². The first-order chi connectivity index (χ1) is 12.0. The van der Waals surface area contributed by atoms with Crippen LogP contribution in [0.1, 0.15) is 37.7 Å². The highest BCUT2D eigenvalue weighted by molar-refractivity contribution is 9.10. The van der Waals surface area contributed by atoms with Gasteiger partial charge in [0.25, 0.3) is 0 Å². The summed E-state index contributed by atoms with van der Waals surface area (Å²) in [5.74, 6) is -0.483. The quantitative estimate of drug-likeness (QED) is 0.706. The summed E-state index contributed by atoms with van der Waals surface area (Å²) in [6.07, 6.45) is 3.84. The van der Waals surface area contributed by atoms with Crippen molar-refractivity contribution in [2.45, 2.75) is 38.6 Å². The van der Waals surface area contributed by atoms with Crippen molar-refractivity contribution in [1.82, 2.24) is 9.80 Å². The van der Waals surface area contributed by atoms with Crippen molar-refractivity contribution in [3.8, 4) is 0 Å². The molecule has 3 amide bonds. The largest absolute Gasteiger partial charge is 0.341 e. The molecule has 2 fully saturated rings. The minimum atomic E-state index is -0.142. The predicted molar refractivity (Wildman–Crippen MR) is 97.4 cm³/mol. The maximum absolute atomic E-state index is 12.4. The monoisotopic (exact) mass is 406 g/mol. The molecule has 0 radical (unpaired) electrons. The lowest BCUT2D eigenvalue weighted by Crippen LogP contribution is -2.36. The zero-order valence-corrected chi connectivity index (χ0v) is 16.0. The lowest BCUT2D eigenvalue weighted by Gasteiger charge is -2.20.